The number of amides is 1. The molecule has 0 saturated carbocycles. The molecular formula is C16H16N2OS. The highest BCUT2D eigenvalue weighted by molar-refractivity contribution is 7.08. The summed E-state index contributed by atoms with van der Waals surface area (Å²) in [6.45, 7) is 0.910. The lowest BCUT2D eigenvalue weighted by Gasteiger charge is -2.16. The van der Waals surface area contributed by atoms with E-state index in [2.05, 4.69) is 11.8 Å². The lowest BCUT2D eigenvalue weighted by Crippen LogP contribution is -2.25. The van der Waals surface area contributed by atoms with Gasteiger partial charge in [-0.05, 0) is 29.1 Å². The summed E-state index contributed by atoms with van der Waals surface area (Å²) in [6.07, 6.45) is 0. The molecule has 102 valence electrons. The van der Waals surface area contributed by atoms with E-state index in [9.17, 15) is 4.79 Å². The first kappa shape index (κ1) is 14.3. The molecule has 2 N–H and O–H groups in total. The van der Waals surface area contributed by atoms with Gasteiger partial charge in [0.25, 0.3) is 5.91 Å². The van der Waals surface area contributed by atoms with Gasteiger partial charge in [-0.1, -0.05) is 24.0 Å². The van der Waals surface area contributed by atoms with Gasteiger partial charge in [0.15, 0.2) is 0 Å². The molecule has 0 radical (unpaired) electrons. The van der Waals surface area contributed by atoms with E-state index in [0.29, 0.717) is 13.1 Å². The van der Waals surface area contributed by atoms with E-state index in [-0.39, 0.29) is 5.91 Å². The largest absolute Gasteiger partial charge is 0.337 e. The molecule has 4 heteroatoms. The summed E-state index contributed by atoms with van der Waals surface area (Å²) < 4.78 is 0. The van der Waals surface area contributed by atoms with E-state index in [4.69, 9.17) is 5.73 Å². The molecule has 20 heavy (non-hydrogen) atoms. The van der Waals surface area contributed by atoms with Crippen LogP contribution >= 0.6 is 11.3 Å². The standard InChI is InChI=1S/C16H16N2OS/c1-18(16(19)15-7-9-20-12-15)11-14-5-2-4-13(10-14)6-3-8-17/h2,4-5,7,9-10,12H,8,11,17H2,1H3. The molecule has 1 amide bonds. The highest BCUT2D eigenvalue weighted by Crippen LogP contribution is 2.12. The van der Waals surface area contributed by atoms with Crippen molar-refractivity contribution in [1.82, 2.24) is 4.90 Å². The molecule has 1 aromatic carbocycles. The van der Waals surface area contributed by atoms with Crippen LogP contribution in [0.5, 0.6) is 0 Å². The van der Waals surface area contributed by atoms with Crippen LogP contribution in [0.4, 0.5) is 0 Å². The maximum absolute atomic E-state index is 12.2. The molecular weight excluding hydrogens is 268 g/mol. The Kier molecular flexibility index (Phi) is 4.94. The van der Waals surface area contributed by atoms with E-state index in [1.165, 1.54) is 11.3 Å². The van der Waals surface area contributed by atoms with Crippen LogP contribution in [-0.4, -0.2) is 24.4 Å². The van der Waals surface area contributed by atoms with Crippen LogP contribution in [0.1, 0.15) is 21.5 Å². The predicted molar refractivity (Wildman–Crippen MR) is 82.5 cm³/mol. The molecule has 0 saturated heterocycles. The monoisotopic (exact) mass is 284 g/mol. The van der Waals surface area contributed by atoms with Gasteiger partial charge >= 0.3 is 0 Å². The van der Waals surface area contributed by atoms with Crippen molar-refractivity contribution in [1.29, 1.82) is 0 Å². The van der Waals surface area contributed by atoms with Gasteiger partial charge in [0.2, 0.25) is 0 Å². The number of carbonyl (C=O) groups is 1. The second-order valence-corrected chi connectivity index (χ2v) is 5.16. The molecule has 0 aliphatic rings. The van der Waals surface area contributed by atoms with E-state index in [0.717, 1.165) is 16.7 Å². The smallest absolute Gasteiger partial charge is 0.254 e. The van der Waals surface area contributed by atoms with Crippen LogP contribution in [0.25, 0.3) is 0 Å². The molecule has 0 aliphatic carbocycles. The van der Waals surface area contributed by atoms with Crippen molar-refractivity contribution in [3.05, 3.63) is 57.8 Å². The minimum atomic E-state index is 0.0321. The highest BCUT2D eigenvalue weighted by atomic mass is 32.1. The van der Waals surface area contributed by atoms with Crippen LogP contribution in [0.3, 0.4) is 0 Å². The van der Waals surface area contributed by atoms with Crippen molar-refractivity contribution >= 4 is 17.2 Å². The van der Waals surface area contributed by atoms with E-state index >= 15 is 0 Å². The Labute approximate surface area is 123 Å². The number of benzene rings is 1. The number of thiophene rings is 1. The third-order valence-electron chi connectivity index (χ3n) is 2.80. The molecule has 1 heterocycles. The molecule has 0 aliphatic heterocycles. The summed E-state index contributed by atoms with van der Waals surface area (Å²) in [5.74, 6) is 5.86. The Hall–Kier alpha value is -2.09. The number of hydrogen-bond donors (Lipinski definition) is 1. The van der Waals surface area contributed by atoms with Crippen molar-refractivity contribution in [2.45, 2.75) is 6.54 Å². The van der Waals surface area contributed by atoms with Gasteiger partial charge in [-0.15, -0.1) is 0 Å². The van der Waals surface area contributed by atoms with Crippen molar-refractivity contribution in [2.24, 2.45) is 5.73 Å². The van der Waals surface area contributed by atoms with Crippen LogP contribution in [0, 0.1) is 11.8 Å². The topological polar surface area (TPSA) is 46.3 Å². The summed E-state index contributed by atoms with van der Waals surface area (Å²) >= 11 is 1.53. The zero-order valence-electron chi connectivity index (χ0n) is 11.3. The predicted octanol–water partition coefficient (Wildman–Crippen LogP) is 2.33. The Bertz CT molecular complexity index is 638. The molecule has 0 fully saturated rings. The number of nitrogens with zero attached hydrogens (tertiary/aromatic N) is 1. The molecule has 0 spiro atoms. The van der Waals surface area contributed by atoms with Crippen molar-refractivity contribution < 1.29 is 4.79 Å². The maximum Gasteiger partial charge on any atom is 0.254 e. The van der Waals surface area contributed by atoms with Crippen molar-refractivity contribution in [3.8, 4) is 11.8 Å². The Balaban J connectivity index is 2.08. The zero-order valence-corrected chi connectivity index (χ0v) is 12.1. The molecule has 3 nitrogen and oxygen atoms in total. The minimum absolute atomic E-state index is 0.0321. The summed E-state index contributed by atoms with van der Waals surface area (Å²) in [6, 6.07) is 9.70. The van der Waals surface area contributed by atoms with Gasteiger partial charge in [0.05, 0.1) is 12.1 Å². The first-order valence-electron chi connectivity index (χ1n) is 6.26. The summed E-state index contributed by atoms with van der Waals surface area (Å²) in [5.41, 5.74) is 8.07. The Morgan fingerprint density at radius 2 is 2.25 bits per heavy atom. The Morgan fingerprint density at radius 1 is 1.40 bits per heavy atom. The zero-order chi connectivity index (χ0) is 14.4. The summed E-state index contributed by atoms with van der Waals surface area (Å²) in [5, 5.41) is 3.77. The van der Waals surface area contributed by atoms with Crippen molar-refractivity contribution in [3.63, 3.8) is 0 Å². The van der Waals surface area contributed by atoms with Crippen LogP contribution < -0.4 is 5.73 Å². The second-order valence-electron chi connectivity index (χ2n) is 4.38. The third-order valence-corrected chi connectivity index (χ3v) is 3.48. The fraction of sp³-hybridized carbons (Fsp3) is 0.188. The van der Waals surface area contributed by atoms with E-state index in [1.807, 2.05) is 41.1 Å². The molecule has 0 unspecified atom stereocenters. The third kappa shape index (κ3) is 3.70. The van der Waals surface area contributed by atoms with Gasteiger partial charge < -0.3 is 10.6 Å². The molecule has 0 bridgehead atoms. The fourth-order valence-electron chi connectivity index (χ4n) is 1.85. The number of nitrogens with two attached hydrogens (primary N) is 1. The summed E-state index contributed by atoms with van der Waals surface area (Å²) in [4.78, 5) is 13.9. The van der Waals surface area contributed by atoms with Crippen LogP contribution in [-0.2, 0) is 6.54 Å². The first-order valence-corrected chi connectivity index (χ1v) is 7.20. The van der Waals surface area contributed by atoms with Crippen LogP contribution in [0.15, 0.2) is 41.1 Å². The molecule has 2 rings (SSSR count). The molecule has 1 aromatic heterocycles. The molecule has 0 atom stereocenters. The van der Waals surface area contributed by atoms with E-state index in [1.54, 1.807) is 11.9 Å². The van der Waals surface area contributed by atoms with Gasteiger partial charge in [-0.3, -0.25) is 4.79 Å². The van der Waals surface area contributed by atoms with Gasteiger partial charge in [-0.2, -0.15) is 11.3 Å². The fourth-order valence-corrected chi connectivity index (χ4v) is 2.48. The first-order chi connectivity index (χ1) is 9.70. The second kappa shape index (κ2) is 6.90. The normalized spacial score (nSPS) is 9.70. The van der Waals surface area contributed by atoms with Crippen molar-refractivity contribution in [2.75, 3.05) is 13.6 Å². The Morgan fingerprint density at radius 3 is 2.95 bits per heavy atom. The van der Waals surface area contributed by atoms with Gasteiger partial charge in [-0.25, -0.2) is 0 Å². The minimum Gasteiger partial charge on any atom is -0.337 e. The average molecular weight is 284 g/mol. The van der Waals surface area contributed by atoms with E-state index < -0.39 is 0 Å². The lowest BCUT2D eigenvalue weighted by atomic mass is 10.1. The number of rotatable bonds is 3. The number of hydrogen-bond acceptors (Lipinski definition) is 3. The highest BCUT2D eigenvalue weighted by Gasteiger charge is 2.12. The maximum atomic E-state index is 12.2. The quantitative estimate of drug-likeness (QED) is 0.879. The SMILES string of the molecule is CN(Cc1cccc(C#CCN)c1)C(=O)c1ccsc1. The lowest BCUT2D eigenvalue weighted by molar-refractivity contribution is 0.0785. The van der Waals surface area contributed by atoms with Gasteiger partial charge in [0, 0.05) is 24.5 Å². The van der Waals surface area contributed by atoms with Crippen LogP contribution in [0.2, 0.25) is 0 Å². The van der Waals surface area contributed by atoms with Gasteiger partial charge in [0.1, 0.15) is 0 Å². The number of carbonyl (C=O) groups excluding carboxylic acids is 1. The summed E-state index contributed by atoms with van der Waals surface area (Å²) in [7, 11) is 1.80. The molecule has 2 aromatic rings. The average Bonchev–Trinajstić information content (AvgIpc) is 2.98.